The summed E-state index contributed by atoms with van der Waals surface area (Å²) in [5.74, 6) is 5.34. The minimum atomic E-state index is 0.216. The quantitative estimate of drug-likeness (QED) is 0.770. The van der Waals surface area contributed by atoms with Gasteiger partial charge >= 0.3 is 0 Å². The standard InChI is InChI=1S/C14H23NOS/c1-15-4-5-17-9-13(15)14(16)8-12-7-10-2-3-11(12)6-10/h10-13H,2-9H2,1H3. The number of carbonyl (C=O) groups is 1. The number of nitrogens with zero attached hydrogens (tertiary/aromatic N) is 1. The zero-order valence-corrected chi connectivity index (χ0v) is 11.5. The van der Waals surface area contributed by atoms with E-state index in [1.165, 1.54) is 31.4 Å². The van der Waals surface area contributed by atoms with Crippen molar-refractivity contribution in [2.24, 2.45) is 17.8 Å². The highest BCUT2D eigenvalue weighted by atomic mass is 32.2. The molecule has 0 radical (unpaired) electrons. The molecule has 96 valence electrons. The SMILES string of the molecule is CN1CCSCC1C(=O)CC1CC2CCC1C2. The van der Waals surface area contributed by atoms with Crippen LogP contribution in [0.15, 0.2) is 0 Å². The molecular formula is C14H23NOS. The van der Waals surface area contributed by atoms with Gasteiger partial charge in [-0.15, -0.1) is 0 Å². The van der Waals surface area contributed by atoms with Crippen LogP contribution in [-0.4, -0.2) is 41.8 Å². The van der Waals surface area contributed by atoms with Crippen molar-refractivity contribution in [2.45, 2.75) is 38.1 Å². The molecule has 1 aliphatic heterocycles. The van der Waals surface area contributed by atoms with E-state index in [4.69, 9.17) is 0 Å². The van der Waals surface area contributed by atoms with E-state index in [2.05, 4.69) is 11.9 Å². The summed E-state index contributed by atoms with van der Waals surface area (Å²) in [5, 5.41) is 0. The van der Waals surface area contributed by atoms with Crippen molar-refractivity contribution in [1.29, 1.82) is 0 Å². The van der Waals surface area contributed by atoms with E-state index in [1.54, 1.807) is 0 Å². The van der Waals surface area contributed by atoms with E-state index >= 15 is 0 Å². The second kappa shape index (κ2) is 4.93. The molecule has 2 bridgehead atoms. The van der Waals surface area contributed by atoms with Gasteiger partial charge in [-0.2, -0.15) is 11.8 Å². The molecule has 0 aromatic rings. The number of carbonyl (C=O) groups excluding carboxylic acids is 1. The zero-order valence-electron chi connectivity index (χ0n) is 10.7. The molecule has 3 rings (SSSR count). The van der Waals surface area contributed by atoms with Gasteiger partial charge in [-0.25, -0.2) is 0 Å². The molecule has 0 amide bonds. The fourth-order valence-corrected chi connectivity index (χ4v) is 5.29. The average Bonchev–Trinajstić information content (AvgIpc) is 2.91. The van der Waals surface area contributed by atoms with Crippen LogP contribution in [0.4, 0.5) is 0 Å². The van der Waals surface area contributed by atoms with E-state index in [-0.39, 0.29) is 6.04 Å². The summed E-state index contributed by atoms with van der Waals surface area (Å²) in [6, 6.07) is 0.216. The number of likely N-dealkylation sites (N-methyl/N-ethyl adjacent to an activating group) is 1. The van der Waals surface area contributed by atoms with Crippen LogP contribution in [0.5, 0.6) is 0 Å². The van der Waals surface area contributed by atoms with Crippen molar-refractivity contribution in [1.82, 2.24) is 4.90 Å². The van der Waals surface area contributed by atoms with E-state index < -0.39 is 0 Å². The topological polar surface area (TPSA) is 20.3 Å². The first-order valence-corrected chi connectivity index (χ1v) is 8.20. The van der Waals surface area contributed by atoms with Gasteiger partial charge in [0, 0.05) is 24.5 Å². The fraction of sp³-hybridized carbons (Fsp3) is 0.929. The van der Waals surface area contributed by atoms with Crippen LogP contribution in [0.3, 0.4) is 0 Å². The second-order valence-corrected chi connectivity index (χ2v) is 7.33. The Labute approximate surface area is 109 Å². The number of Topliss-reactive ketones (excluding diaryl/α,β-unsaturated/α-hetero) is 1. The van der Waals surface area contributed by atoms with Crippen molar-refractivity contribution in [3.63, 3.8) is 0 Å². The predicted octanol–water partition coefficient (Wildman–Crippen LogP) is 2.43. The monoisotopic (exact) mass is 253 g/mol. The molecular weight excluding hydrogens is 230 g/mol. The Morgan fingerprint density at radius 3 is 2.88 bits per heavy atom. The van der Waals surface area contributed by atoms with Crippen molar-refractivity contribution < 1.29 is 4.79 Å². The van der Waals surface area contributed by atoms with E-state index in [9.17, 15) is 4.79 Å². The molecule has 3 fully saturated rings. The molecule has 4 atom stereocenters. The molecule has 0 aromatic carbocycles. The fourth-order valence-electron chi connectivity index (χ4n) is 4.05. The Balaban J connectivity index is 1.56. The van der Waals surface area contributed by atoms with E-state index in [0.717, 1.165) is 36.5 Å². The third-order valence-electron chi connectivity index (χ3n) is 5.12. The van der Waals surface area contributed by atoms with Crippen LogP contribution in [0.25, 0.3) is 0 Å². The maximum atomic E-state index is 12.4. The van der Waals surface area contributed by atoms with Crippen molar-refractivity contribution in [2.75, 3.05) is 25.1 Å². The molecule has 2 aliphatic carbocycles. The lowest BCUT2D eigenvalue weighted by molar-refractivity contribution is -0.124. The largest absolute Gasteiger partial charge is 0.298 e. The molecule has 1 heterocycles. The average molecular weight is 253 g/mol. The third-order valence-corrected chi connectivity index (χ3v) is 6.14. The minimum absolute atomic E-state index is 0.216. The van der Waals surface area contributed by atoms with Gasteiger partial charge in [0.15, 0.2) is 5.78 Å². The zero-order chi connectivity index (χ0) is 11.8. The van der Waals surface area contributed by atoms with Gasteiger partial charge in [0.2, 0.25) is 0 Å². The van der Waals surface area contributed by atoms with E-state index in [0.29, 0.717) is 5.78 Å². The first-order valence-electron chi connectivity index (χ1n) is 7.04. The van der Waals surface area contributed by atoms with Crippen LogP contribution in [0, 0.1) is 17.8 Å². The number of hydrogen-bond donors (Lipinski definition) is 0. The summed E-state index contributed by atoms with van der Waals surface area (Å²) >= 11 is 1.95. The molecule has 3 heteroatoms. The Morgan fingerprint density at radius 2 is 2.24 bits per heavy atom. The summed E-state index contributed by atoms with van der Waals surface area (Å²) in [6.45, 7) is 1.08. The van der Waals surface area contributed by atoms with Gasteiger partial charge in [0.25, 0.3) is 0 Å². The third kappa shape index (κ3) is 2.41. The normalized spacial score (nSPS) is 41.9. The van der Waals surface area contributed by atoms with Crippen molar-refractivity contribution in [3.8, 4) is 0 Å². The van der Waals surface area contributed by atoms with Gasteiger partial charge in [-0.05, 0) is 44.1 Å². The van der Waals surface area contributed by atoms with Crippen molar-refractivity contribution >= 4 is 17.5 Å². The highest BCUT2D eigenvalue weighted by molar-refractivity contribution is 7.99. The predicted molar refractivity (Wildman–Crippen MR) is 72.3 cm³/mol. The smallest absolute Gasteiger partial charge is 0.151 e. The van der Waals surface area contributed by atoms with Crippen LogP contribution < -0.4 is 0 Å². The summed E-state index contributed by atoms with van der Waals surface area (Å²) < 4.78 is 0. The van der Waals surface area contributed by atoms with Crippen LogP contribution in [-0.2, 0) is 4.79 Å². The Morgan fingerprint density at radius 1 is 1.35 bits per heavy atom. The maximum absolute atomic E-state index is 12.4. The summed E-state index contributed by atoms with van der Waals surface area (Å²) in [4.78, 5) is 14.7. The number of ketones is 1. The lowest BCUT2D eigenvalue weighted by Gasteiger charge is -2.32. The first kappa shape index (κ1) is 12.0. The van der Waals surface area contributed by atoms with Crippen LogP contribution in [0.2, 0.25) is 0 Å². The molecule has 1 saturated heterocycles. The summed E-state index contributed by atoms with van der Waals surface area (Å²) in [5.41, 5.74) is 0. The van der Waals surface area contributed by atoms with Gasteiger partial charge in [0.1, 0.15) is 0 Å². The van der Waals surface area contributed by atoms with Gasteiger partial charge in [-0.1, -0.05) is 6.42 Å². The summed E-state index contributed by atoms with van der Waals surface area (Å²) in [7, 11) is 2.11. The highest BCUT2D eigenvalue weighted by Crippen LogP contribution is 2.49. The number of rotatable bonds is 3. The summed E-state index contributed by atoms with van der Waals surface area (Å²) in [6.07, 6.45) is 6.48. The van der Waals surface area contributed by atoms with Gasteiger partial charge < -0.3 is 0 Å². The molecule has 2 nitrogen and oxygen atoms in total. The second-order valence-electron chi connectivity index (χ2n) is 6.18. The molecule has 3 aliphatic rings. The van der Waals surface area contributed by atoms with Crippen LogP contribution in [0.1, 0.15) is 32.1 Å². The molecule has 0 aromatic heterocycles. The molecule has 2 saturated carbocycles. The Kier molecular flexibility index (Phi) is 3.49. The van der Waals surface area contributed by atoms with Gasteiger partial charge in [-0.3, -0.25) is 9.69 Å². The lowest BCUT2D eigenvalue weighted by Crippen LogP contribution is -2.45. The number of hydrogen-bond acceptors (Lipinski definition) is 3. The van der Waals surface area contributed by atoms with Crippen molar-refractivity contribution in [3.05, 3.63) is 0 Å². The molecule has 0 spiro atoms. The highest BCUT2D eigenvalue weighted by Gasteiger charge is 2.41. The number of fused-ring (bicyclic) bond motifs is 2. The van der Waals surface area contributed by atoms with Gasteiger partial charge in [0.05, 0.1) is 6.04 Å². The maximum Gasteiger partial charge on any atom is 0.151 e. The first-order chi connectivity index (χ1) is 8.24. The number of thioether (sulfide) groups is 1. The molecule has 4 unspecified atom stereocenters. The molecule has 17 heavy (non-hydrogen) atoms. The minimum Gasteiger partial charge on any atom is -0.298 e. The van der Waals surface area contributed by atoms with Crippen LogP contribution >= 0.6 is 11.8 Å². The van der Waals surface area contributed by atoms with E-state index in [1.807, 2.05) is 11.8 Å². The Bertz CT molecular complexity index is 307. The Hall–Kier alpha value is -0.0200. The molecule has 0 N–H and O–H groups in total. The lowest BCUT2D eigenvalue weighted by atomic mass is 9.84.